The predicted octanol–water partition coefficient (Wildman–Crippen LogP) is 2.61. The first-order chi connectivity index (χ1) is 15.6. The van der Waals surface area contributed by atoms with Gasteiger partial charge in [0, 0.05) is 43.5 Å². The number of nitrogens with zero attached hydrogens (tertiary/aromatic N) is 3. The van der Waals surface area contributed by atoms with Crippen LogP contribution in [0.2, 0.25) is 0 Å². The third-order valence-electron chi connectivity index (χ3n) is 6.39. The van der Waals surface area contributed by atoms with E-state index in [-0.39, 0.29) is 23.5 Å². The molecule has 8 heteroatoms. The third-order valence-corrected chi connectivity index (χ3v) is 7.33. The minimum Gasteiger partial charge on any atom is -0.366 e. The molecule has 4 rings (SSSR count). The van der Waals surface area contributed by atoms with Gasteiger partial charge in [0.1, 0.15) is 5.82 Å². The second-order valence-electron chi connectivity index (χ2n) is 8.49. The number of piperidine rings is 1. The Kier molecular flexibility index (Phi) is 7.76. The molecule has 2 aromatic rings. The number of rotatable bonds is 7. The maximum atomic E-state index is 14.0. The summed E-state index contributed by atoms with van der Waals surface area (Å²) in [7, 11) is 0. The van der Waals surface area contributed by atoms with Gasteiger partial charge in [0.05, 0.1) is 12.2 Å². The molecule has 0 atom stereocenters. The maximum Gasteiger partial charge on any atom is 0.236 e. The van der Waals surface area contributed by atoms with Crippen LogP contribution in [0.15, 0.2) is 41.8 Å². The first-order valence-corrected chi connectivity index (χ1v) is 12.3. The molecule has 1 N–H and O–H groups in total. The molecule has 172 valence electrons. The van der Waals surface area contributed by atoms with E-state index >= 15 is 0 Å². The van der Waals surface area contributed by atoms with E-state index in [2.05, 4.69) is 21.7 Å². The zero-order valence-corrected chi connectivity index (χ0v) is 19.2. The van der Waals surface area contributed by atoms with Crippen LogP contribution in [-0.4, -0.2) is 74.0 Å². The average Bonchev–Trinajstić information content (AvgIpc) is 3.33. The number of likely N-dealkylation sites (tertiary alicyclic amines) is 1. The van der Waals surface area contributed by atoms with Gasteiger partial charge in [-0.1, -0.05) is 18.2 Å². The number of nitrogens with one attached hydrogen (secondary N) is 1. The van der Waals surface area contributed by atoms with Crippen molar-refractivity contribution in [1.82, 2.24) is 15.1 Å². The number of carbonyl (C=O) groups is 2. The summed E-state index contributed by atoms with van der Waals surface area (Å²) >= 11 is 1.71. The number of halogens is 1. The normalized spacial score (nSPS) is 18.0. The number of benzene rings is 1. The second kappa shape index (κ2) is 10.9. The fraction of sp³-hybridized carbons (Fsp3) is 0.500. The highest BCUT2D eigenvalue weighted by Crippen LogP contribution is 2.21. The molecule has 0 spiro atoms. The zero-order chi connectivity index (χ0) is 22.3. The maximum absolute atomic E-state index is 14.0. The number of piperazine rings is 1. The Hall–Kier alpha value is -2.45. The van der Waals surface area contributed by atoms with E-state index in [0.717, 1.165) is 32.4 Å². The van der Waals surface area contributed by atoms with Crippen LogP contribution in [0.3, 0.4) is 0 Å². The Morgan fingerprint density at radius 2 is 1.75 bits per heavy atom. The minimum atomic E-state index is -0.217. The number of hydrogen-bond acceptors (Lipinski definition) is 5. The second-order valence-corrected chi connectivity index (χ2v) is 9.52. The molecule has 6 nitrogen and oxygen atoms in total. The van der Waals surface area contributed by atoms with Crippen LogP contribution in [-0.2, 0) is 16.0 Å². The molecule has 0 unspecified atom stereocenters. The molecule has 2 saturated heterocycles. The van der Waals surface area contributed by atoms with E-state index < -0.39 is 0 Å². The van der Waals surface area contributed by atoms with Gasteiger partial charge in [0.25, 0.3) is 0 Å². The number of amides is 2. The Morgan fingerprint density at radius 3 is 2.44 bits per heavy atom. The Bertz CT molecular complexity index is 891. The van der Waals surface area contributed by atoms with E-state index in [0.29, 0.717) is 45.0 Å². The Balaban J connectivity index is 1.15. The number of para-hydroxylation sites is 1. The van der Waals surface area contributed by atoms with Gasteiger partial charge < -0.3 is 15.1 Å². The molecule has 2 aliphatic rings. The van der Waals surface area contributed by atoms with E-state index in [9.17, 15) is 14.0 Å². The van der Waals surface area contributed by atoms with Crippen molar-refractivity contribution in [2.45, 2.75) is 19.3 Å². The van der Waals surface area contributed by atoms with Crippen molar-refractivity contribution >= 4 is 28.8 Å². The highest BCUT2D eigenvalue weighted by atomic mass is 32.1. The van der Waals surface area contributed by atoms with Crippen LogP contribution in [0.4, 0.5) is 10.1 Å². The fourth-order valence-corrected chi connectivity index (χ4v) is 5.17. The minimum absolute atomic E-state index is 0.0361. The lowest BCUT2D eigenvalue weighted by Gasteiger charge is -2.38. The molecule has 2 amide bonds. The van der Waals surface area contributed by atoms with Gasteiger partial charge in [0.2, 0.25) is 11.8 Å². The van der Waals surface area contributed by atoms with Crippen LogP contribution in [0.1, 0.15) is 17.7 Å². The average molecular weight is 459 g/mol. The predicted molar refractivity (Wildman–Crippen MR) is 125 cm³/mol. The number of anilines is 1. The summed E-state index contributed by atoms with van der Waals surface area (Å²) in [6.45, 7) is 5.10. The van der Waals surface area contributed by atoms with E-state index in [1.54, 1.807) is 23.5 Å². The molecule has 1 aromatic heterocycles. The molecule has 2 aliphatic heterocycles. The van der Waals surface area contributed by atoms with Gasteiger partial charge in [-0.15, -0.1) is 11.3 Å². The summed E-state index contributed by atoms with van der Waals surface area (Å²) in [5.41, 5.74) is 0.607. The molecular weight excluding hydrogens is 427 g/mol. The van der Waals surface area contributed by atoms with Gasteiger partial charge in [-0.25, -0.2) is 4.39 Å². The van der Waals surface area contributed by atoms with Gasteiger partial charge in [-0.3, -0.25) is 14.5 Å². The number of hydrogen-bond donors (Lipinski definition) is 1. The lowest BCUT2D eigenvalue weighted by atomic mass is 9.96. The Labute approximate surface area is 193 Å². The number of thiophene rings is 1. The van der Waals surface area contributed by atoms with Crippen LogP contribution in [0, 0.1) is 11.7 Å². The van der Waals surface area contributed by atoms with Crippen LogP contribution < -0.4 is 10.2 Å². The van der Waals surface area contributed by atoms with Crippen molar-refractivity contribution in [3.8, 4) is 0 Å². The SMILES string of the molecule is O=C(NCCc1cccs1)C1CCN(CC(=O)N2CCN(c3ccccc3F)CC2)CC1. The van der Waals surface area contributed by atoms with Gasteiger partial charge in [-0.2, -0.15) is 0 Å². The summed E-state index contributed by atoms with van der Waals surface area (Å²) in [5, 5.41) is 5.11. The summed E-state index contributed by atoms with van der Waals surface area (Å²) in [4.78, 5) is 32.5. The smallest absolute Gasteiger partial charge is 0.236 e. The zero-order valence-electron chi connectivity index (χ0n) is 18.3. The third kappa shape index (κ3) is 5.86. The van der Waals surface area contributed by atoms with E-state index in [4.69, 9.17) is 0 Å². The van der Waals surface area contributed by atoms with Gasteiger partial charge in [0.15, 0.2) is 0 Å². The van der Waals surface area contributed by atoms with Crippen molar-refractivity contribution in [3.05, 3.63) is 52.5 Å². The quantitative estimate of drug-likeness (QED) is 0.693. The molecule has 32 heavy (non-hydrogen) atoms. The molecule has 1 aromatic carbocycles. The van der Waals surface area contributed by atoms with Crippen molar-refractivity contribution in [2.75, 3.05) is 57.3 Å². The topological polar surface area (TPSA) is 55.9 Å². The highest BCUT2D eigenvalue weighted by molar-refractivity contribution is 7.09. The molecule has 0 aliphatic carbocycles. The van der Waals surface area contributed by atoms with Crippen molar-refractivity contribution < 1.29 is 14.0 Å². The van der Waals surface area contributed by atoms with Crippen LogP contribution >= 0.6 is 11.3 Å². The van der Waals surface area contributed by atoms with Gasteiger partial charge >= 0.3 is 0 Å². The molecule has 0 saturated carbocycles. The fourth-order valence-electron chi connectivity index (χ4n) is 4.46. The Morgan fingerprint density at radius 1 is 1.00 bits per heavy atom. The van der Waals surface area contributed by atoms with Crippen LogP contribution in [0.5, 0.6) is 0 Å². The van der Waals surface area contributed by atoms with Gasteiger partial charge in [-0.05, 0) is 55.9 Å². The molecule has 0 bridgehead atoms. The van der Waals surface area contributed by atoms with Crippen LogP contribution in [0.25, 0.3) is 0 Å². The summed E-state index contributed by atoms with van der Waals surface area (Å²) in [6.07, 6.45) is 2.46. The molecular formula is C24H31FN4O2S. The highest BCUT2D eigenvalue weighted by Gasteiger charge is 2.28. The molecule has 0 radical (unpaired) electrons. The first kappa shape index (κ1) is 22.7. The lowest BCUT2D eigenvalue weighted by Crippen LogP contribution is -2.52. The summed E-state index contributed by atoms with van der Waals surface area (Å²) in [5.74, 6) is 0.0774. The van der Waals surface area contributed by atoms with Crippen molar-refractivity contribution in [2.24, 2.45) is 5.92 Å². The molecule has 2 fully saturated rings. The monoisotopic (exact) mass is 458 g/mol. The lowest BCUT2D eigenvalue weighted by molar-refractivity contribution is -0.133. The van der Waals surface area contributed by atoms with Crippen molar-refractivity contribution in [1.29, 1.82) is 0 Å². The van der Waals surface area contributed by atoms with E-state index in [1.165, 1.54) is 10.9 Å². The first-order valence-electron chi connectivity index (χ1n) is 11.4. The summed E-state index contributed by atoms with van der Waals surface area (Å²) in [6, 6.07) is 10.9. The van der Waals surface area contributed by atoms with Crippen molar-refractivity contribution in [3.63, 3.8) is 0 Å². The molecule has 3 heterocycles. The largest absolute Gasteiger partial charge is 0.366 e. The number of carbonyl (C=O) groups excluding carboxylic acids is 2. The van der Waals surface area contributed by atoms with E-state index in [1.807, 2.05) is 21.9 Å². The standard InChI is InChI=1S/C24H31FN4O2S/c25-21-5-1-2-6-22(21)28-13-15-29(16-14-28)23(30)18-27-11-8-19(9-12-27)24(31)26-10-7-20-4-3-17-32-20/h1-6,17,19H,7-16,18H2,(H,26,31). The summed E-state index contributed by atoms with van der Waals surface area (Å²) < 4.78 is 14.0.